The summed E-state index contributed by atoms with van der Waals surface area (Å²) in [5.74, 6) is -1.18. The summed E-state index contributed by atoms with van der Waals surface area (Å²) in [5, 5.41) is 0. The van der Waals surface area contributed by atoms with E-state index in [4.69, 9.17) is 0 Å². The van der Waals surface area contributed by atoms with Gasteiger partial charge in [0.2, 0.25) is 0 Å². The highest BCUT2D eigenvalue weighted by molar-refractivity contribution is 8.03. The third-order valence-electron chi connectivity index (χ3n) is 1.63. The number of hydrogen-bond acceptors (Lipinski definition) is 2. The first-order chi connectivity index (χ1) is 6.61. The monoisotopic (exact) mass is 210 g/mol. The number of Topliss-reactive ketones (excluding diaryl/α,β-unsaturated/α-hetero) is 1. The molecule has 0 aliphatic rings. The molecule has 1 rings (SSSR count). The smallest absolute Gasteiger partial charge is 0.188 e. The lowest BCUT2D eigenvalue weighted by Crippen LogP contribution is -1.91. The molecule has 1 nitrogen and oxygen atoms in total. The fraction of sp³-hybridized carbons (Fsp3) is 0.182. The molecule has 0 aliphatic carbocycles. The van der Waals surface area contributed by atoms with Gasteiger partial charge in [-0.05, 0) is 19.1 Å². The summed E-state index contributed by atoms with van der Waals surface area (Å²) in [6.07, 6.45) is 0. The second-order valence-electron chi connectivity index (χ2n) is 2.84. The van der Waals surface area contributed by atoms with Gasteiger partial charge in [-0.25, -0.2) is 4.39 Å². The predicted molar refractivity (Wildman–Crippen MR) is 56.8 cm³/mol. The van der Waals surface area contributed by atoms with E-state index in [9.17, 15) is 9.18 Å². The van der Waals surface area contributed by atoms with Crippen molar-refractivity contribution in [2.45, 2.75) is 18.7 Å². The van der Waals surface area contributed by atoms with Crippen molar-refractivity contribution in [1.29, 1.82) is 0 Å². The van der Waals surface area contributed by atoms with E-state index in [1.165, 1.54) is 18.7 Å². The number of thioether (sulfide) groups is 1. The molecule has 0 saturated carbocycles. The van der Waals surface area contributed by atoms with E-state index in [-0.39, 0.29) is 0 Å². The van der Waals surface area contributed by atoms with Crippen LogP contribution < -0.4 is 0 Å². The Hall–Kier alpha value is -1.09. The van der Waals surface area contributed by atoms with Crippen LogP contribution in [0.5, 0.6) is 0 Å². The van der Waals surface area contributed by atoms with E-state index >= 15 is 0 Å². The Morgan fingerprint density at radius 1 is 1.21 bits per heavy atom. The van der Waals surface area contributed by atoms with Crippen molar-refractivity contribution >= 4 is 17.5 Å². The molecule has 74 valence electrons. The van der Waals surface area contributed by atoms with E-state index in [2.05, 4.69) is 0 Å². The highest BCUT2D eigenvalue weighted by Gasteiger charge is 2.07. The molecule has 14 heavy (non-hydrogen) atoms. The van der Waals surface area contributed by atoms with Crippen LogP contribution in [-0.2, 0) is 4.79 Å². The van der Waals surface area contributed by atoms with Crippen molar-refractivity contribution in [2.75, 3.05) is 0 Å². The van der Waals surface area contributed by atoms with Gasteiger partial charge in [-0.15, -0.1) is 0 Å². The number of carbonyl (C=O) groups excluding carboxylic acids is 1. The van der Waals surface area contributed by atoms with Gasteiger partial charge in [-0.1, -0.05) is 30.0 Å². The Kier molecular flexibility index (Phi) is 3.89. The van der Waals surface area contributed by atoms with Crippen LogP contribution >= 0.6 is 11.8 Å². The maximum absolute atomic E-state index is 13.1. The zero-order valence-corrected chi connectivity index (χ0v) is 8.90. The highest BCUT2D eigenvalue weighted by atomic mass is 32.2. The molecule has 0 amide bonds. The van der Waals surface area contributed by atoms with E-state index in [1.807, 2.05) is 30.3 Å². The van der Waals surface area contributed by atoms with Crippen molar-refractivity contribution in [1.82, 2.24) is 0 Å². The molecule has 1 aromatic rings. The number of ketones is 1. The van der Waals surface area contributed by atoms with Gasteiger partial charge in [0.25, 0.3) is 0 Å². The minimum atomic E-state index is -0.654. The van der Waals surface area contributed by atoms with Gasteiger partial charge >= 0.3 is 0 Å². The van der Waals surface area contributed by atoms with Crippen LogP contribution in [0.25, 0.3) is 0 Å². The summed E-state index contributed by atoms with van der Waals surface area (Å²) in [7, 11) is 0. The number of benzene rings is 1. The second-order valence-corrected chi connectivity index (χ2v) is 4.13. The molecule has 0 heterocycles. The highest BCUT2D eigenvalue weighted by Crippen LogP contribution is 2.28. The van der Waals surface area contributed by atoms with Crippen LogP contribution in [0.2, 0.25) is 0 Å². The van der Waals surface area contributed by atoms with Gasteiger partial charge in [0.15, 0.2) is 11.6 Å². The summed E-state index contributed by atoms with van der Waals surface area (Å²) < 4.78 is 13.1. The molecule has 0 fully saturated rings. The molecule has 0 atom stereocenters. The lowest BCUT2D eigenvalue weighted by atomic mass is 10.4. The number of allylic oxidation sites excluding steroid dienone is 2. The molecular weight excluding hydrogens is 199 g/mol. The molecule has 0 unspecified atom stereocenters. The summed E-state index contributed by atoms with van der Waals surface area (Å²) in [6.45, 7) is 2.83. The normalized spacial score (nSPS) is 12.2. The fourth-order valence-corrected chi connectivity index (χ4v) is 1.84. The molecule has 0 saturated heterocycles. The van der Waals surface area contributed by atoms with Gasteiger partial charge in [-0.3, -0.25) is 4.79 Å². The summed E-state index contributed by atoms with van der Waals surface area (Å²) in [6, 6.07) is 9.40. The van der Waals surface area contributed by atoms with Gasteiger partial charge in [0, 0.05) is 16.7 Å². The van der Waals surface area contributed by atoms with E-state index in [0.29, 0.717) is 4.91 Å². The van der Waals surface area contributed by atoms with Gasteiger partial charge in [-0.2, -0.15) is 0 Å². The molecule has 0 aromatic heterocycles. The van der Waals surface area contributed by atoms with Crippen molar-refractivity contribution < 1.29 is 9.18 Å². The van der Waals surface area contributed by atoms with Crippen molar-refractivity contribution in [2.24, 2.45) is 0 Å². The van der Waals surface area contributed by atoms with E-state index < -0.39 is 11.6 Å². The third-order valence-corrected chi connectivity index (χ3v) is 2.63. The first-order valence-electron chi connectivity index (χ1n) is 4.21. The predicted octanol–water partition coefficient (Wildman–Crippen LogP) is 3.57. The first kappa shape index (κ1) is 11.0. The standard InChI is InChI=1S/C11H11FOS/c1-8(13)11(12)9(2)14-10-6-4-3-5-7-10/h3-7H,1-2H3/b11-9+. The number of halogens is 1. The lowest BCUT2D eigenvalue weighted by molar-refractivity contribution is -0.114. The largest absolute Gasteiger partial charge is 0.292 e. The summed E-state index contributed by atoms with van der Waals surface area (Å²) in [4.78, 5) is 12.1. The Labute approximate surface area is 87.0 Å². The van der Waals surface area contributed by atoms with Crippen LogP contribution in [-0.4, -0.2) is 5.78 Å². The van der Waals surface area contributed by atoms with Crippen molar-refractivity contribution in [3.05, 3.63) is 41.1 Å². The van der Waals surface area contributed by atoms with Crippen molar-refractivity contribution in [3.8, 4) is 0 Å². The Balaban J connectivity index is 2.80. The Morgan fingerprint density at radius 3 is 2.29 bits per heavy atom. The SMILES string of the molecule is CC(=O)/C(F)=C(/C)Sc1ccccc1. The summed E-state index contributed by atoms with van der Waals surface area (Å²) >= 11 is 1.26. The van der Waals surface area contributed by atoms with Crippen LogP contribution in [0.15, 0.2) is 46.0 Å². The van der Waals surface area contributed by atoms with Gasteiger partial charge < -0.3 is 0 Å². The Morgan fingerprint density at radius 2 is 1.79 bits per heavy atom. The van der Waals surface area contributed by atoms with Gasteiger partial charge in [0.05, 0.1) is 0 Å². The minimum Gasteiger partial charge on any atom is -0.292 e. The first-order valence-corrected chi connectivity index (χ1v) is 5.03. The zero-order chi connectivity index (χ0) is 10.6. The fourth-order valence-electron chi connectivity index (χ4n) is 0.958. The van der Waals surface area contributed by atoms with Crippen LogP contribution in [0.1, 0.15) is 13.8 Å². The second kappa shape index (κ2) is 4.96. The maximum atomic E-state index is 13.1. The van der Waals surface area contributed by atoms with Crippen LogP contribution in [0, 0.1) is 0 Å². The van der Waals surface area contributed by atoms with Gasteiger partial charge in [0.1, 0.15) is 0 Å². The van der Waals surface area contributed by atoms with E-state index in [0.717, 1.165) is 4.90 Å². The molecular formula is C11H11FOS. The average Bonchev–Trinajstić information content (AvgIpc) is 2.18. The number of rotatable bonds is 3. The molecule has 0 aliphatic heterocycles. The quantitative estimate of drug-likeness (QED) is 0.560. The molecule has 0 bridgehead atoms. The summed E-state index contributed by atoms with van der Waals surface area (Å²) in [5.41, 5.74) is 0. The topological polar surface area (TPSA) is 17.1 Å². The third kappa shape index (κ3) is 3.00. The van der Waals surface area contributed by atoms with E-state index in [1.54, 1.807) is 6.92 Å². The molecule has 0 radical (unpaired) electrons. The molecule has 0 N–H and O–H groups in total. The van der Waals surface area contributed by atoms with Crippen LogP contribution in [0.4, 0.5) is 4.39 Å². The molecule has 1 aromatic carbocycles. The minimum absolute atomic E-state index is 0.406. The maximum Gasteiger partial charge on any atom is 0.188 e. The average molecular weight is 210 g/mol. The van der Waals surface area contributed by atoms with Crippen LogP contribution in [0.3, 0.4) is 0 Å². The lowest BCUT2D eigenvalue weighted by Gasteiger charge is -2.01. The Bertz CT molecular complexity index is 357. The van der Waals surface area contributed by atoms with Crippen molar-refractivity contribution in [3.63, 3.8) is 0 Å². The molecule has 0 spiro atoms. The number of hydrogen-bond donors (Lipinski definition) is 0. The molecule has 3 heteroatoms. The zero-order valence-electron chi connectivity index (χ0n) is 8.08. The number of carbonyl (C=O) groups is 1.